The van der Waals surface area contributed by atoms with Crippen LogP contribution in [0, 0.1) is 0 Å². The van der Waals surface area contributed by atoms with E-state index < -0.39 is 5.24 Å². The van der Waals surface area contributed by atoms with Crippen LogP contribution in [0.1, 0.15) is 10.4 Å². The molecule has 0 saturated carbocycles. The number of hydrogen-bond acceptors (Lipinski definition) is 3. The summed E-state index contributed by atoms with van der Waals surface area (Å²) >= 11 is 5.34. The lowest BCUT2D eigenvalue weighted by molar-refractivity contribution is 0.108. The summed E-state index contributed by atoms with van der Waals surface area (Å²) in [6, 6.07) is 12.5. The third-order valence-corrected chi connectivity index (χ3v) is 2.27. The predicted molar refractivity (Wildman–Crippen MR) is 64.1 cm³/mol. The highest BCUT2D eigenvalue weighted by Crippen LogP contribution is 2.15. The first-order valence-electron chi connectivity index (χ1n) is 4.73. The molecule has 0 atom stereocenters. The number of pyridine rings is 1. The summed E-state index contributed by atoms with van der Waals surface area (Å²) in [7, 11) is 0. The molecule has 4 heteroatoms. The SMILES string of the molecule is O=C(Cl)c1ccc(Nc2ccccn2)cc1. The maximum Gasteiger partial charge on any atom is 0.252 e. The summed E-state index contributed by atoms with van der Waals surface area (Å²) in [5.74, 6) is 0.757. The van der Waals surface area contributed by atoms with E-state index in [4.69, 9.17) is 11.6 Å². The molecule has 3 nitrogen and oxygen atoms in total. The molecule has 0 spiro atoms. The molecule has 0 bridgehead atoms. The Morgan fingerprint density at radius 3 is 2.44 bits per heavy atom. The summed E-state index contributed by atoms with van der Waals surface area (Å²) in [5, 5.41) is 2.65. The molecular weight excluding hydrogens is 224 g/mol. The lowest BCUT2D eigenvalue weighted by Gasteiger charge is -2.04. The van der Waals surface area contributed by atoms with Gasteiger partial charge in [0.15, 0.2) is 0 Å². The Morgan fingerprint density at radius 1 is 1.12 bits per heavy atom. The summed E-state index contributed by atoms with van der Waals surface area (Å²) < 4.78 is 0. The van der Waals surface area contributed by atoms with Gasteiger partial charge in [-0.25, -0.2) is 4.98 Å². The van der Waals surface area contributed by atoms with Crippen molar-refractivity contribution in [2.75, 3.05) is 5.32 Å². The number of hydrogen-bond donors (Lipinski definition) is 1. The van der Waals surface area contributed by atoms with Crippen LogP contribution in [0.2, 0.25) is 0 Å². The molecule has 0 radical (unpaired) electrons. The van der Waals surface area contributed by atoms with Gasteiger partial charge in [0.25, 0.3) is 5.24 Å². The lowest BCUT2D eigenvalue weighted by atomic mass is 10.2. The van der Waals surface area contributed by atoms with Crippen molar-refractivity contribution in [1.82, 2.24) is 4.98 Å². The Morgan fingerprint density at radius 2 is 1.88 bits per heavy atom. The van der Waals surface area contributed by atoms with Crippen LogP contribution >= 0.6 is 11.6 Å². The number of rotatable bonds is 3. The van der Waals surface area contributed by atoms with Crippen molar-refractivity contribution in [3.8, 4) is 0 Å². The van der Waals surface area contributed by atoms with E-state index in [2.05, 4.69) is 10.3 Å². The van der Waals surface area contributed by atoms with Crippen molar-refractivity contribution in [2.24, 2.45) is 0 Å². The second-order valence-corrected chi connectivity index (χ2v) is 3.53. The molecule has 1 N–H and O–H groups in total. The van der Waals surface area contributed by atoms with Crippen molar-refractivity contribution in [2.45, 2.75) is 0 Å². The van der Waals surface area contributed by atoms with Crippen molar-refractivity contribution in [1.29, 1.82) is 0 Å². The number of aromatic nitrogens is 1. The second-order valence-electron chi connectivity index (χ2n) is 3.19. The molecule has 1 heterocycles. The molecule has 0 fully saturated rings. The standard InChI is InChI=1S/C12H9ClN2O/c13-12(16)9-4-6-10(7-5-9)15-11-3-1-2-8-14-11/h1-8H,(H,14,15). The maximum atomic E-state index is 10.8. The average Bonchev–Trinajstić information content (AvgIpc) is 2.31. The van der Waals surface area contributed by atoms with E-state index in [1.165, 1.54) is 0 Å². The van der Waals surface area contributed by atoms with Crippen LogP contribution < -0.4 is 5.32 Å². The van der Waals surface area contributed by atoms with Gasteiger partial charge in [-0.3, -0.25) is 4.79 Å². The fourth-order valence-corrected chi connectivity index (χ4v) is 1.40. The van der Waals surface area contributed by atoms with Crippen LogP contribution in [0.5, 0.6) is 0 Å². The Bertz CT molecular complexity index is 482. The van der Waals surface area contributed by atoms with Crippen molar-refractivity contribution in [3.63, 3.8) is 0 Å². The number of carbonyl (C=O) groups is 1. The fourth-order valence-electron chi connectivity index (χ4n) is 1.27. The number of anilines is 2. The van der Waals surface area contributed by atoms with Gasteiger partial charge in [-0.15, -0.1) is 0 Å². The Hall–Kier alpha value is -1.87. The van der Waals surface area contributed by atoms with E-state index >= 15 is 0 Å². The molecule has 16 heavy (non-hydrogen) atoms. The molecule has 80 valence electrons. The van der Waals surface area contributed by atoms with Crippen molar-refractivity contribution in [3.05, 3.63) is 54.2 Å². The van der Waals surface area contributed by atoms with Gasteiger partial charge < -0.3 is 5.32 Å². The van der Waals surface area contributed by atoms with Gasteiger partial charge in [0.2, 0.25) is 0 Å². The number of nitrogens with one attached hydrogen (secondary N) is 1. The molecule has 2 aromatic rings. The van der Waals surface area contributed by atoms with Crippen LogP contribution in [-0.4, -0.2) is 10.2 Å². The normalized spacial score (nSPS) is 9.81. The monoisotopic (exact) mass is 232 g/mol. The minimum absolute atomic E-state index is 0.454. The minimum Gasteiger partial charge on any atom is -0.340 e. The molecule has 0 aliphatic heterocycles. The Balaban J connectivity index is 2.14. The quantitative estimate of drug-likeness (QED) is 0.827. The lowest BCUT2D eigenvalue weighted by Crippen LogP contribution is -1.94. The van der Waals surface area contributed by atoms with Gasteiger partial charge in [-0.1, -0.05) is 6.07 Å². The maximum absolute atomic E-state index is 10.8. The zero-order chi connectivity index (χ0) is 11.4. The van der Waals surface area contributed by atoms with Gasteiger partial charge in [0.1, 0.15) is 5.82 Å². The Kier molecular flexibility index (Phi) is 3.17. The molecule has 1 aromatic carbocycles. The third-order valence-electron chi connectivity index (χ3n) is 2.05. The molecule has 0 unspecified atom stereocenters. The van der Waals surface area contributed by atoms with Crippen molar-refractivity contribution < 1.29 is 4.79 Å². The van der Waals surface area contributed by atoms with Crippen LogP contribution in [-0.2, 0) is 0 Å². The highest BCUT2D eigenvalue weighted by Gasteiger charge is 2.00. The van der Waals surface area contributed by atoms with Crippen LogP contribution in [0.15, 0.2) is 48.7 Å². The summed E-state index contributed by atoms with van der Waals surface area (Å²) in [6.45, 7) is 0. The first-order valence-corrected chi connectivity index (χ1v) is 5.11. The van der Waals surface area contributed by atoms with Gasteiger partial charge >= 0.3 is 0 Å². The van der Waals surface area contributed by atoms with E-state index in [9.17, 15) is 4.79 Å². The predicted octanol–water partition coefficient (Wildman–Crippen LogP) is 3.20. The zero-order valence-electron chi connectivity index (χ0n) is 8.35. The topological polar surface area (TPSA) is 42.0 Å². The van der Waals surface area contributed by atoms with E-state index in [1.807, 2.05) is 18.2 Å². The largest absolute Gasteiger partial charge is 0.340 e. The average molecular weight is 233 g/mol. The summed E-state index contributed by atoms with van der Waals surface area (Å²) in [4.78, 5) is 15.0. The van der Waals surface area contributed by atoms with E-state index in [-0.39, 0.29) is 0 Å². The van der Waals surface area contributed by atoms with Crippen LogP contribution in [0.3, 0.4) is 0 Å². The van der Waals surface area contributed by atoms with E-state index in [0.717, 1.165) is 11.5 Å². The number of benzene rings is 1. The van der Waals surface area contributed by atoms with Crippen LogP contribution in [0.25, 0.3) is 0 Å². The molecular formula is C12H9ClN2O. The van der Waals surface area contributed by atoms with E-state index in [0.29, 0.717) is 5.56 Å². The first-order chi connectivity index (χ1) is 7.75. The molecule has 0 amide bonds. The van der Waals surface area contributed by atoms with Crippen molar-refractivity contribution >= 4 is 28.3 Å². The molecule has 0 aliphatic rings. The zero-order valence-corrected chi connectivity index (χ0v) is 9.11. The summed E-state index contributed by atoms with van der Waals surface area (Å²) in [5.41, 5.74) is 1.34. The molecule has 1 aromatic heterocycles. The highest BCUT2D eigenvalue weighted by molar-refractivity contribution is 6.67. The summed E-state index contributed by atoms with van der Waals surface area (Å²) in [6.07, 6.45) is 1.71. The number of carbonyl (C=O) groups excluding carboxylic acids is 1. The smallest absolute Gasteiger partial charge is 0.252 e. The first kappa shape index (κ1) is 10.6. The van der Waals surface area contributed by atoms with Crippen LogP contribution in [0.4, 0.5) is 11.5 Å². The minimum atomic E-state index is -0.454. The molecule has 0 aliphatic carbocycles. The van der Waals surface area contributed by atoms with E-state index in [1.54, 1.807) is 30.5 Å². The van der Waals surface area contributed by atoms with Gasteiger partial charge in [-0.2, -0.15) is 0 Å². The second kappa shape index (κ2) is 4.77. The van der Waals surface area contributed by atoms with Gasteiger partial charge in [0, 0.05) is 17.4 Å². The fraction of sp³-hybridized carbons (Fsp3) is 0. The molecule has 0 saturated heterocycles. The van der Waals surface area contributed by atoms with Gasteiger partial charge in [0.05, 0.1) is 0 Å². The molecule has 2 rings (SSSR count). The highest BCUT2D eigenvalue weighted by atomic mass is 35.5. The Labute approximate surface area is 98.1 Å². The number of halogens is 1. The third kappa shape index (κ3) is 2.58. The van der Waals surface area contributed by atoms with Gasteiger partial charge in [-0.05, 0) is 48.0 Å². The number of nitrogens with zero attached hydrogens (tertiary/aromatic N) is 1.